The standard InChI is InChI=1S/C17H17NO2/c1-13(16(19)14-9-5-3-6-10-14)18(2)17(20)15-11-7-4-8-12-15/h3-13H,1-2H3/t13-/m0/s1. The van der Waals surface area contributed by atoms with E-state index in [1.807, 2.05) is 36.4 Å². The highest BCUT2D eigenvalue weighted by atomic mass is 16.2. The zero-order chi connectivity index (χ0) is 14.5. The average molecular weight is 267 g/mol. The summed E-state index contributed by atoms with van der Waals surface area (Å²) < 4.78 is 0. The molecule has 0 heterocycles. The van der Waals surface area contributed by atoms with Crippen LogP contribution in [-0.2, 0) is 0 Å². The number of carbonyl (C=O) groups excluding carboxylic acids is 2. The molecule has 3 nitrogen and oxygen atoms in total. The molecule has 1 amide bonds. The summed E-state index contributed by atoms with van der Waals surface area (Å²) in [6.07, 6.45) is 0. The second-order valence-electron chi connectivity index (χ2n) is 4.69. The Labute approximate surface area is 118 Å². The molecule has 0 bridgehead atoms. The summed E-state index contributed by atoms with van der Waals surface area (Å²) in [5.41, 5.74) is 1.20. The molecule has 0 radical (unpaired) electrons. The van der Waals surface area contributed by atoms with Crippen LogP contribution in [0.5, 0.6) is 0 Å². The lowest BCUT2D eigenvalue weighted by atomic mass is 10.0. The molecule has 0 unspecified atom stereocenters. The molecule has 0 aliphatic heterocycles. The van der Waals surface area contributed by atoms with E-state index in [0.717, 1.165) is 0 Å². The maximum absolute atomic E-state index is 12.3. The van der Waals surface area contributed by atoms with Crippen molar-refractivity contribution in [1.82, 2.24) is 4.90 Å². The Balaban J connectivity index is 2.15. The van der Waals surface area contributed by atoms with Crippen LogP contribution in [0.25, 0.3) is 0 Å². The Bertz CT molecular complexity index is 537. The highest BCUT2D eigenvalue weighted by Gasteiger charge is 2.23. The van der Waals surface area contributed by atoms with Gasteiger partial charge in [0.2, 0.25) is 0 Å². The van der Waals surface area contributed by atoms with Crippen LogP contribution in [0.4, 0.5) is 0 Å². The van der Waals surface area contributed by atoms with Gasteiger partial charge in [0.05, 0.1) is 6.04 Å². The SMILES string of the molecule is C[C@@H](C(=O)c1ccccc1)N(C)C(=O)c1ccccc1. The molecule has 102 valence electrons. The Morgan fingerprint density at radius 1 is 0.850 bits per heavy atom. The van der Waals surface area contributed by atoms with E-state index in [2.05, 4.69) is 0 Å². The van der Waals surface area contributed by atoms with E-state index < -0.39 is 6.04 Å². The van der Waals surface area contributed by atoms with E-state index >= 15 is 0 Å². The van der Waals surface area contributed by atoms with E-state index in [1.165, 1.54) is 4.90 Å². The molecule has 20 heavy (non-hydrogen) atoms. The van der Waals surface area contributed by atoms with Crippen molar-refractivity contribution in [3.05, 3.63) is 71.8 Å². The van der Waals surface area contributed by atoms with Crippen molar-refractivity contribution in [3.63, 3.8) is 0 Å². The van der Waals surface area contributed by atoms with Gasteiger partial charge in [-0.15, -0.1) is 0 Å². The molecule has 1 atom stereocenters. The van der Waals surface area contributed by atoms with E-state index in [-0.39, 0.29) is 11.7 Å². The first-order chi connectivity index (χ1) is 9.61. The van der Waals surface area contributed by atoms with Gasteiger partial charge in [0.1, 0.15) is 0 Å². The summed E-state index contributed by atoms with van der Waals surface area (Å²) in [7, 11) is 1.65. The molecule has 0 spiro atoms. The van der Waals surface area contributed by atoms with Crippen molar-refractivity contribution in [3.8, 4) is 0 Å². The zero-order valence-corrected chi connectivity index (χ0v) is 11.6. The molecule has 0 N–H and O–H groups in total. The number of Topliss-reactive ketones (excluding diaryl/α,β-unsaturated/α-hetero) is 1. The number of amides is 1. The first kappa shape index (κ1) is 14.0. The fourth-order valence-corrected chi connectivity index (χ4v) is 1.98. The summed E-state index contributed by atoms with van der Waals surface area (Å²) in [5.74, 6) is -0.209. The summed E-state index contributed by atoms with van der Waals surface area (Å²) >= 11 is 0. The minimum Gasteiger partial charge on any atom is -0.332 e. The number of carbonyl (C=O) groups is 2. The molecule has 2 rings (SSSR count). The van der Waals surface area contributed by atoms with Crippen molar-refractivity contribution in [2.24, 2.45) is 0 Å². The number of hydrogen-bond donors (Lipinski definition) is 0. The summed E-state index contributed by atoms with van der Waals surface area (Å²) in [5, 5.41) is 0. The van der Waals surface area contributed by atoms with Crippen molar-refractivity contribution in [2.45, 2.75) is 13.0 Å². The van der Waals surface area contributed by atoms with Crippen molar-refractivity contribution >= 4 is 11.7 Å². The number of nitrogens with zero attached hydrogens (tertiary/aromatic N) is 1. The minimum absolute atomic E-state index is 0.0580. The Hall–Kier alpha value is -2.42. The summed E-state index contributed by atoms with van der Waals surface area (Å²) in [6, 6.07) is 17.5. The third-order valence-electron chi connectivity index (χ3n) is 3.36. The van der Waals surface area contributed by atoms with Gasteiger partial charge in [0.25, 0.3) is 5.91 Å². The molecule has 0 saturated carbocycles. The fourth-order valence-electron chi connectivity index (χ4n) is 1.98. The topological polar surface area (TPSA) is 37.4 Å². The molecule has 0 aromatic heterocycles. The van der Waals surface area contributed by atoms with Gasteiger partial charge in [0, 0.05) is 18.2 Å². The van der Waals surface area contributed by atoms with Crippen molar-refractivity contribution in [2.75, 3.05) is 7.05 Å². The maximum atomic E-state index is 12.3. The summed E-state index contributed by atoms with van der Waals surface area (Å²) in [6.45, 7) is 1.75. The van der Waals surface area contributed by atoms with E-state index in [4.69, 9.17) is 0 Å². The fraction of sp³-hybridized carbons (Fsp3) is 0.176. The second-order valence-corrected chi connectivity index (χ2v) is 4.69. The lowest BCUT2D eigenvalue weighted by molar-refractivity contribution is 0.0675. The van der Waals surface area contributed by atoms with Gasteiger partial charge >= 0.3 is 0 Å². The molecular weight excluding hydrogens is 250 g/mol. The van der Waals surface area contributed by atoms with Crippen LogP contribution in [0.2, 0.25) is 0 Å². The lowest BCUT2D eigenvalue weighted by Gasteiger charge is -2.24. The average Bonchev–Trinajstić information content (AvgIpc) is 2.53. The predicted molar refractivity (Wildman–Crippen MR) is 78.8 cm³/mol. The van der Waals surface area contributed by atoms with E-state index in [0.29, 0.717) is 11.1 Å². The number of likely N-dealkylation sites (N-methyl/N-ethyl adjacent to an activating group) is 1. The van der Waals surface area contributed by atoms with Crippen LogP contribution >= 0.6 is 0 Å². The lowest BCUT2D eigenvalue weighted by Crippen LogP contribution is -2.40. The molecular formula is C17H17NO2. The third kappa shape index (κ3) is 2.94. The maximum Gasteiger partial charge on any atom is 0.254 e. The highest BCUT2D eigenvalue weighted by Crippen LogP contribution is 2.11. The van der Waals surface area contributed by atoms with E-state index in [9.17, 15) is 9.59 Å². The number of hydrogen-bond acceptors (Lipinski definition) is 2. The number of benzene rings is 2. The Morgan fingerprint density at radius 3 is 1.80 bits per heavy atom. The van der Waals surface area contributed by atoms with Gasteiger partial charge in [-0.3, -0.25) is 9.59 Å². The minimum atomic E-state index is -0.495. The van der Waals surface area contributed by atoms with Crippen LogP contribution in [0.1, 0.15) is 27.6 Å². The number of rotatable bonds is 4. The smallest absolute Gasteiger partial charge is 0.254 e. The van der Waals surface area contributed by atoms with Crippen molar-refractivity contribution in [1.29, 1.82) is 0 Å². The molecule has 0 fully saturated rings. The molecule has 0 aliphatic rings. The van der Waals surface area contributed by atoms with Crippen LogP contribution < -0.4 is 0 Å². The van der Waals surface area contributed by atoms with Gasteiger partial charge < -0.3 is 4.90 Å². The van der Waals surface area contributed by atoms with Crippen LogP contribution in [0.15, 0.2) is 60.7 Å². The van der Waals surface area contributed by atoms with Crippen LogP contribution in [-0.4, -0.2) is 29.7 Å². The quantitative estimate of drug-likeness (QED) is 0.798. The molecule has 2 aromatic rings. The zero-order valence-electron chi connectivity index (χ0n) is 11.6. The Kier molecular flexibility index (Phi) is 4.31. The highest BCUT2D eigenvalue weighted by molar-refractivity contribution is 6.03. The van der Waals surface area contributed by atoms with Crippen molar-refractivity contribution < 1.29 is 9.59 Å². The van der Waals surface area contributed by atoms with Crippen LogP contribution in [0.3, 0.4) is 0 Å². The molecule has 3 heteroatoms. The van der Waals surface area contributed by atoms with Gasteiger partial charge in [0.15, 0.2) is 5.78 Å². The molecule has 2 aromatic carbocycles. The largest absolute Gasteiger partial charge is 0.332 e. The predicted octanol–water partition coefficient (Wildman–Crippen LogP) is 3.03. The third-order valence-corrected chi connectivity index (χ3v) is 3.36. The van der Waals surface area contributed by atoms with Gasteiger partial charge in [-0.05, 0) is 19.1 Å². The van der Waals surface area contributed by atoms with Crippen LogP contribution in [0, 0.1) is 0 Å². The molecule has 0 aliphatic carbocycles. The first-order valence-corrected chi connectivity index (χ1v) is 6.52. The number of ketones is 1. The molecule has 0 saturated heterocycles. The van der Waals surface area contributed by atoms with Gasteiger partial charge in [-0.1, -0.05) is 48.5 Å². The second kappa shape index (κ2) is 6.15. The normalized spacial score (nSPS) is 11.7. The monoisotopic (exact) mass is 267 g/mol. The Morgan fingerprint density at radius 2 is 1.30 bits per heavy atom. The van der Waals surface area contributed by atoms with Gasteiger partial charge in [-0.25, -0.2) is 0 Å². The first-order valence-electron chi connectivity index (χ1n) is 6.52. The van der Waals surface area contributed by atoms with E-state index in [1.54, 1.807) is 38.2 Å². The van der Waals surface area contributed by atoms with Gasteiger partial charge in [-0.2, -0.15) is 0 Å². The summed E-state index contributed by atoms with van der Waals surface area (Å²) in [4.78, 5) is 26.1.